The van der Waals surface area contributed by atoms with Gasteiger partial charge in [0.1, 0.15) is 13.7 Å². The second-order valence-electron chi connectivity index (χ2n) is 4.59. The number of fused-ring (bicyclic) bond motifs is 2. The number of hydrogen-bond acceptors (Lipinski definition) is 4. The Morgan fingerprint density at radius 2 is 2.47 bits per heavy atom. The van der Waals surface area contributed by atoms with Gasteiger partial charge >= 0.3 is 5.97 Å². The van der Waals surface area contributed by atoms with E-state index < -0.39 is 0 Å². The molecule has 2 saturated carbocycles. The molecule has 0 aromatic carbocycles. The second kappa shape index (κ2) is 3.83. The Morgan fingerprint density at radius 1 is 1.67 bits per heavy atom. The molecule has 2 fully saturated rings. The number of rotatable bonds is 3. The molecule has 2 aliphatic rings. The van der Waals surface area contributed by atoms with Crippen molar-refractivity contribution in [2.75, 3.05) is 13.7 Å². The monoisotopic (exact) mass is 211 g/mol. The van der Waals surface area contributed by atoms with E-state index in [1.165, 1.54) is 13.3 Å². The van der Waals surface area contributed by atoms with Gasteiger partial charge in [0.25, 0.3) is 0 Å². The zero-order valence-corrected chi connectivity index (χ0v) is 9.28. The van der Waals surface area contributed by atoms with Crippen LogP contribution < -0.4 is 0 Å². The summed E-state index contributed by atoms with van der Waals surface area (Å²) in [6, 6.07) is 0. The summed E-state index contributed by atoms with van der Waals surface area (Å²) in [5, 5.41) is 4.08. The third kappa shape index (κ3) is 1.85. The zero-order valence-electron chi connectivity index (χ0n) is 9.28. The summed E-state index contributed by atoms with van der Waals surface area (Å²) >= 11 is 0. The topological polar surface area (TPSA) is 47.9 Å². The van der Waals surface area contributed by atoms with Crippen LogP contribution in [0.15, 0.2) is 5.16 Å². The van der Waals surface area contributed by atoms with Gasteiger partial charge in [0.2, 0.25) is 0 Å². The minimum absolute atomic E-state index is 0.00759. The minimum Gasteiger partial charge on any atom is -0.465 e. The lowest BCUT2D eigenvalue weighted by Crippen LogP contribution is -2.31. The number of ether oxygens (including phenoxy) is 1. The number of nitrogens with zero attached hydrogens (tertiary/aromatic N) is 1. The van der Waals surface area contributed by atoms with E-state index in [2.05, 4.69) is 5.16 Å². The van der Waals surface area contributed by atoms with Crippen LogP contribution >= 0.6 is 0 Å². The van der Waals surface area contributed by atoms with Crippen LogP contribution in [0.3, 0.4) is 0 Å². The normalized spacial score (nSPS) is 35.9. The Hall–Kier alpha value is -1.06. The molecule has 2 rings (SSSR count). The Bertz CT molecular complexity index is 300. The maximum absolute atomic E-state index is 10.8. The molecule has 0 saturated heterocycles. The summed E-state index contributed by atoms with van der Waals surface area (Å²) in [5.74, 6) is 0.506. The van der Waals surface area contributed by atoms with Gasteiger partial charge in [0, 0.05) is 12.3 Å². The lowest BCUT2D eigenvalue weighted by atomic mass is 9.83. The van der Waals surface area contributed by atoms with Crippen LogP contribution in [0, 0.1) is 11.3 Å². The first-order valence-corrected chi connectivity index (χ1v) is 5.40. The summed E-state index contributed by atoms with van der Waals surface area (Å²) in [6.07, 6.45) is 4.41. The SMILES string of the molecule is CO/N=C1\CC2CCC1(COC(C)=O)C2. The summed E-state index contributed by atoms with van der Waals surface area (Å²) in [4.78, 5) is 15.7. The molecule has 0 heterocycles. The third-order valence-electron chi connectivity index (χ3n) is 3.56. The Balaban J connectivity index is 2.09. The lowest BCUT2D eigenvalue weighted by molar-refractivity contribution is -0.143. The van der Waals surface area contributed by atoms with Crippen LogP contribution in [0.25, 0.3) is 0 Å². The molecule has 2 unspecified atom stereocenters. The fourth-order valence-electron chi connectivity index (χ4n) is 2.86. The molecule has 0 amide bonds. The molecule has 84 valence electrons. The van der Waals surface area contributed by atoms with Crippen LogP contribution in [0.2, 0.25) is 0 Å². The molecule has 0 radical (unpaired) electrons. The van der Waals surface area contributed by atoms with E-state index in [9.17, 15) is 4.79 Å². The van der Waals surface area contributed by atoms with E-state index in [-0.39, 0.29) is 11.4 Å². The van der Waals surface area contributed by atoms with Crippen molar-refractivity contribution < 1.29 is 14.4 Å². The highest BCUT2D eigenvalue weighted by atomic mass is 16.6. The molecular weight excluding hydrogens is 194 g/mol. The van der Waals surface area contributed by atoms with Crippen LogP contribution in [0.1, 0.15) is 32.6 Å². The van der Waals surface area contributed by atoms with Gasteiger partial charge in [-0.3, -0.25) is 4.79 Å². The number of oxime groups is 1. The Morgan fingerprint density at radius 3 is 3.07 bits per heavy atom. The number of carbonyl (C=O) groups is 1. The van der Waals surface area contributed by atoms with E-state index in [0.717, 1.165) is 30.9 Å². The van der Waals surface area contributed by atoms with Crippen LogP contribution in [-0.2, 0) is 14.4 Å². The molecule has 0 aromatic rings. The van der Waals surface area contributed by atoms with Crippen molar-refractivity contribution in [1.82, 2.24) is 0 Å². The molecule has 0 aliphatic heterocycles. The lowest BCUT2D eigenvalue weighted by Gasteiger charge is -2.26. The summed E-state index contributed by atoms with van der Waals surface area (Å²) in [7, 11) is 1.57. The van der Waals surface area contributed by atoms with Crippen molar-refractivity contribution >= 4 is 11.7 Å². The molecule has 0 N–H and O–H groups in total. The van der Waals surface area contributed by atoms with Gasteiger partial charge in [-0.2, -0.15) is 0 Å². The quantitative estimate of drug-likeness (QED) is 0.527. The number of esters is 1. The molecule has 15 heavy (non-hydrogen) atoms. The number of hydrogen-bond donors (Lipinski definition) is 0. The minimum atomic E-state index is -0.212. The maximum atomic E-state index is 10.8. The van der Waals surface area contributed by atoms with Gasteiger partial charge < -0.3 is 9.57 Å². The predicted octanol–water partition coefficient (Wildman–Crippen LogP) is 1.74. The van der Waals surface area contributed by atoms with Crippen LogP contribution in [0.5, 0.6) is 0 Å². The van der Waals surface area contributed by atoms with E-state index >= 15 is 0 Å². The fraction of sp³-hybridized carbons (Fsp3) is 0.818. The molecule has 0 spiro atoms. The van der Waals surface area contributed by atoms with Crippen LogP contribution in [0.4, 0.5) is 0 Å². The van der Waals surface area contributed by atoms with E-state index in [4.69, 9.17) is 9.57 Å². The first kappa shape index (κ1) is 10.5. The van der Waals surface area contributed by atoms with Gasteiger partial charge in [-0.05, 0) is 31.6 Å². The van der Waals surface area contributed by atoms with Gasteiger partial charge in [-0.1, -0.05) is 5.16 Å². The zero-order chi connectivity index (χ0) is 10.9. The average Bonchev–Trinajstić information content (AvgIpc) is 2.73. The van der Waals surface area contributed by atoms with Crippen LogP contribution in [-0.4, -0.2) is 25.4 Å². The summed E-state index contributed by atoms with van der Waals surface area (Å²) in [5.41, 5.74) is 1.08. The molecule has 4 heteroatoms. The molecule has 0 aromatic heterocycles. The third-order valence-corrected chi connectivity index (χ3v) is 3.56. The van der Waals surface area contributed by atoms with E-state index in [1.54, 1.807) is 7.11 Å². The summed E-state index contributed by atoms with van der Waals surface area (Å²) in [6.45, 7) is 1.92. The summed E-state index contributed by atoms with van der Waals surface area (Å²) < 4.78 is 5.15. The maximum Gasteiger partial charge on any atom is 0.302 e. The van der Waals surface area contributed by atoms with Crippen molar-refractivity contribution in [3.8, 4) is 0 Å². The molecule has 2 bridgehead atoms. The van der Waals surface area contributed by atoms with Crippen molar-refractivity contribution in [3.63, 3.8) is 0 Å². The first-order chi connectivity index (χ1) is 7.16. The average molecular weight is 211 g/mol. The predicted molar refractivity (Wildman–Crippen MR) is 55.5 cm³/mol. The molecule has 2 aliphatic carbocycles. The highest BCUT2D eigenvalue weighted by molar-refractivity contribution is 5.93. The highest BCUT2D eigenvalue weighted by Gasteiger charge is 2.51. The van der Waals surface area contributed by atoms with Gasteiger partial charge in [-0.15, -0.1) is 0 Å². The standard InChI is InChI=1S/C11H17NO3/c1-8(13)15-7-11-4-3-9(6-11)5-10(11)12-14-2/h9H,3-7H2,1-2H3/b12-10+. The van der Waals surface area contributed by atoms with Crippen molar-refractivity contribution in [2.45, 2.75) is 32.6 Å². The van der Waals surface area contributed by atoms with Gasteiger partial charge in [0.05, 0.1) is 5.71 Å². The van der Waals surface area contributed by atoms with E-state index in [0.29, 0.717) is 6.61 Å². The largest absolute Gasteiger partial charge is 0.465 e. The van der Waals surface area contributed by atoms with Crippen molar-refractivity contribution in [1.29, 1.82) is 0 Å². The second-order valence-corrected chi connectivity index (χ2v) is 4.59. The fourth-order valence-corrected chi connectivity index (χ4v) is 2.86. The smallest absolute Gasteiger partial charge is 0.302 e. The van der Waals surface area contributed by atoms with Crippen molar-refractivity contribution in [3.05, 3.63) is 0 Å². The van der Waals surface area contributed by atoms with Gasteiger partial charge in [-0.25, -0.2) is 0 Å². The van der Waals surface area contributed by atoms with Crippen molar-refractivity contribution in [2.24, 2.45) is 16.5 Å². The molecule has 2 atom stereocenters. The van der Waals surface area contributed by atoms with E-state index in [1.807, 2.05) is 0 Å². The Labute approximate surface area is 89.6 Å². The van der Waals surface area contributed by atoms with Gasteiger partial charge in [0.15, 0.2) is 0 Å². The highest BCUT2D eigenvalue weighted by Crippen LogP contribution is 2.52. The molecular formula is C11H17NO3. The Kier molecular flexibility index (Phi) is 2.67. The first-order valence-electron chi connectivity index (χ1n) is 5.40. The number of carbonyl (C=O) groups excluding carboxylic acids is 1. The molecule has 4 nitrogen and oxygen atoms in total.